The number of aromatic nitrogens is 2. The molecule has 0 fully saturated rings. The quantitative estimate of drug-likeness (QED) is 0.626. The smallest absolute Gasteiger partial charge is 0.135 e. The van der Waals surface area contributed by atoms with Gasteiger partial charge < -0.3 is 10.6 Å². The van der Waals surface area contributed by atoms with Crippen LogP contribution in [0.15, 0.2) is 67.0 Å². The summed E-state index contributed by atoms with van der Waals surface area (Å²) in [5, 5.41) is 6.70. The summed E-state index contributed by atoms with van der Waals surface area (Å²) < 4.78 is 0. The molecule has 4 heteroatoms. The van der Waals surface area contributed by atoms with E-state index >= 15 is 0 Å². The van der Waals surface area contributed by atoms with Crippen LogP contribution in [0.2, 0.25) is 0 Å². The number of hydrogen-bond donors (Lipinski definition) is 2. The van der Waals surface area contributed by atoms with Crippen LogP contribution in [0.4, 0.5) is 17.3 Å². The van der Waals surface area contributed by atoms with Crippen LogP contribution < -0.4 is 10.6 Å². The summed E-state index contributed by atoms with van der Waals surface area (Å²) in [6.45, 7) is 2.96. The molecule has 0 aliphatic rings. The van der Waals surface area contributed by atoms with E-state index in [1.807, 2.05) is 30.3 Å². The second kappa shape index (κ2) is 8.11. The number of anilines is 3. The third-order valence-electron chi connectivity index (χ3n) is 3.87. The molecule has 2 aromatic carbocycles. The molecule has 24 heavy (non-hydrogen) atoms. The van der Waals surface area contributed by atoms with Crippen molar-refractivity contribution in [1.29, 1.82) is 0 Å². The highest BCUT2D eigenvalue weighted by Gasteiger charge is 2.01. The highest BCUT2D eigenvalue weighted by atomic mass is 15.1. The van der Waals surface area contributed by atoms with E-state index in [1.165, 1.54) is 11.1 Å². The first-order valence-electron chi connectivity index (χ1n) is 8.24. The molecule has 122 valence electrons. The van der Waals surface area contributed by atoms with Gasteiger partial charge >= 0.3 is 0 Å². The standard InChI is InChI=1S/C20H22N4/c1-16-8-5-6-12-18(16)24-20-14-19(22-15-23-20)21-13-7-11-17-9-3-2-4-10-17/h2-6,8-10,12,14-15H,7,11,13H2,1H3,(H2,21,22,23,24). The summed E-state index contributed by atoms with van der Waals surface area (Å²) in [4.78, 5) is 8.58. The van der Waals surface area contributed by atoms with Crippen molar-refractivity contribution in [2.45, 2.75) is 19.8 Å². The van der Waals surface area contributed by atoms with Gasteiger partial charge in [0.2, 0.25) is 0 Å². The second-order valence-electron chi connectivity index (χ2n) is 5.74. The van der Waals surface area contributed by atoms with Crippen molar-refractivity contribution >= 4 is 17.3 Å². The zero-order valence-corrected chi connectivity index (χ0v) is 13.9. The Labute approximate surface area is 143 Å². The zero-order chi connectivity index (χ0) is 16.6. The lowest BCUT2D eigenvalue weighted by molar-refractivity contribution is 0.858. The Bertz CT molecular complexity index is 771. The van der Waals surface area contributed by atoms with E-state index < -0.39 is 0 Å². The maximum Gasteiger partial charge on any atom is 0.135 e. The summed E-state index contributed by atoms with van der Waals surface area (Å²) >= 11 is 0. The number of benzene rings is 2. The van der Waals surface area contributed by atoms with Crippen molar-refractivity contribution in [3.05, 3.63) is 78.1 Å². The molecule has 2 N–H and O–H groups in total. The number of para-hydroxylation sites is 1. The number of aryl methyl sites for hydroxylation is 2. The van der Waals surface area contributed by atoms with Crippen molar-refractivity contribution in [3.63, 3.8) is 0 Å². The van der Waals surface area contributed by atoms with Crippen molar-refractivity contribution in [3.8, 4) is 0 Å². The van der Waals surface area contributed by atoms with E-state index in [4.69, 9.17) is 0 Å². The number of nitrogens with one attached hydrogen (secondary N) is 2. The minimum Gasteiger partial charge on any atom is -0.370 e. The number of rotatable bonds is 7. The van der Waals surface area contributed by atoms with Gasteiger partial charge in [0.05, 0.1) is 0 Å². The van der Waals surface area contributed by atoms with Gasteiger partial charge in [-0.2, -0.15) is 0 Å². The Morgan fingerprint density at radius 1 is 0.875 bits per heavy atom. The van der Waals surface area contributed by atoms with E-state index in [0.717, 1.165) is 36.7 Å². The first kappa shape index (κ1) is 16.0. The topological polar surface area (TPSA) is 49.8 Å². The van der Waals surface area contributed by atoms with Crippen molar-refractivity contribution in [2.24, 2.45) is 0 Å². The normalized spacial score (nSPS) is 10.4. The van der Waals surface area contributed by atoms with Gasteiger partial charge in [-0.05, 0) is 37.0 Å². The third kappa shape index (κ3) is 4.56. The lowest BCUT2D eigenvalue weighted by Gasteiger charge is -2.10. The maximum absolute atomic E-state index is 4.29. The van der Waals surface area contributed by atoms with E-state index in [9.17, 15) is 0 Å². The first-order valence-corrected chi connectivity index (χ1v) is 8.24. The molecule has 0 aliphatic heterocycles. The summed E-state index contributed by atoms with van der Waals surface area (Å²) in [6.07, 6.45) is 3.71. The molecule has 0 spiro atoms. The van der Waals surface area contributed by atoms with Crippen LogP contribution in [0.3, 0.4) is 0 Å². The van der Waals surface area contributed by atoms with Gasteiger partial charge in [0, 0.05) is 18.3 Å². The predicted octanol–water partition coefficient (Wildman–Crippen LogP) is 4.57. The van der Waals surface area contributed by atoms with Gasteiger partial charge in [0.25, 0.3) is 0 Å². The third-order valence-corrected chi connectivity index (χ3v) is 3.87. The Balaban J connectivity index is 1.53. The molecule has 0 radical (unpaired) electrons. The van der Waals surface area contributed by atoms with Crippen LogP contribution in [0.1, 0.15) is 17.5 Å². The lowest BCUT2D eigenvalue weighted by Crippen LogP contribution is -2.06. The van der Waals surface area contributed by atoms with Crippen LogP contribution in [0.25, 0.3) is 0 Å². The molecule has 1 heterocycles. The van der Waals surface area contributed by atoms with Crippen molar-refractivity contribution in [1.82, 2.24) is 9.97 Å². The number of nitrogens with zero attached hydrogens (tertiary/aromatic N) is 2. The fourth-order valence-electron chi connectivity index (χ4n) is 2.53. The average Bonchev–Trinajstić information content (AvgIpc) is 2.62. The monoisotopic (exact) mass is 318 g/mol. The van der Waals surface area contributed by atoms with E-state index in [-0.39, 0.29) is 0 Å². The predicted molar refractivity (Wildman–Crippen MR) is 99.7 cm³/mol. The minimum absolute atomic E-state index is 0.796. The fourth-order valence-corrected chi connectivity index (χ4v) is 2.53. The average molecular weight is 318 g/mol. The Morgan fingerprint density at radius 3 is 2.46 bits per heavy atom. The summed E-state index contributed by atoms with van der Waals surface area (Å²) in [6, 6.07) is 20.6. The van der Waals surface area contributed by atoms with Crippen molar-refractivity contribution < 1.29 is 0 Å². The lowest BCUT2D eigenvalue weighted by atomic mass is 10.1. The molecule has 4 nitrogen and oxygen atoms in total. The van der Waals surface area contributed by atoms with Gasteiger partial charge in [-0.1, -0.05) is 48.5 Å². The second-order valence-corrected chi connectivity index (χ2v) is 5.74. The van der Waals surface area contributed by atoms with Crippen LogP contribution in [-0.4, -0.2) is 16.5 Å². The van der Waals surface area contributed by atoms with Crippen molar-refractivity contribution in [2.75, 3.05) is 17.2 Å². The zero-order valence-electron chi connectivity index (χ0n) is 13.9. The minimum atomic E-state index is 0.796. The molecule has 0 saturated carbocycles. The van der Waals surface area contributed by atoms with Gasteiger partial charge in [-0.3, -0.25) is 0 Å². The largest absolute Gasteiger partial charge is 0.370 e. The molecule has 0 amide bonds. The molecular formula is C20H22N4. The van der Waals surface area contributed by atoms with Crippen LogP contribution >= 0.6 is 0 Å². The Hall–Kier alpha value is -2.88. The summed E-state index contributed by atoms with van der Waals surface area (Å²) in [5.74, 6) is 1.64. The first-order chi connectivity index (χ1) is 11.8. The molecule has 0 atom stereocenters. The molecule has 3 rings (SSSR count). The van der Waals surface area contributed by atoms with Gasteiger partial charge in [-0.25, -0.2) is 9.97 Å². The molecule has 1 aromatic heterocycles. The highest BCUT2D eigenvalue weighted by molar-refractivity contribution is 5.61. The van der Waals surface area contributed by atoms with E-state index in [0.29, 0.717) is 0 Å². The molecule has 0 saturated heterocycles. The summed E-state index contributed by atoms with van der Waals surface area (Å²) in [5.41, 5.74) is 3.61. The highest BCUT2D eigenvalue weighted by Crippen LogP contribution is 2.19. The molecule has 0 aliphatic carbocycles. The Morgan fingerprint density at radius 2 is 1.62 bits per heavy atom. The van der Waals surface area contributed by atoms with Crippen LogP contribution in [0, 0.1) is 6.92 Å². The van der Waals surface area contributed by atoms with Gasteiger partial charge in [-0.15, -0.1) is 0 Å². The molecule has 3 aromatic rings. The molecule has 0 unspecified atom stereocenters. The fraction of sp³-hybridized carbons (Fsp3) is 0.200. The maximum atomic E-state index is 4.29. The molecule has 0 bridgehead atoms. The Kier molecular flexibility index (Phi) is 5.40. The van der Waals surface area contributed by atoms with Gasteiger partial charge in [0.15, 0.2) is 0 Å². The van der Waals surface area contributed by atoms with Crippen LogP contribution in [0.5, 0.6) is 0 Å². The number of hydrogen-bond acceptors (Lipinski definition) is 4. The SMILES string of the molecule is Cc1ccccc1Nc1cc(NCCCc2ccccc2)ncn1. The van der Waals surface area contributed by atoms with Crippen LogP contribution in [-0.2, 0) is 6.42 Å². The van der Waals surface area contributed by atoms with E-state index in [2.05, 4.69) is 57.9 Å². The molecular weight excluding hydrogens is 296 g/mol. The summed E-state index contributed by atoms with van der Waals surface area (Å²) in [7, 11) is 0. The van der Waals surface area contributed by atoms with Gasteiger partial charge in [0.1, 0.15) is 18.0 Å². The van der Waals surface area contributed by atoms with E-state index in [1.54, 1.807) is 6.33 Å².